The van der Waals surface area contributed by atoms with Crippen molar-refractivity contribution in [1.82, 2.24) is 0 Å². The van der Waals surface area contributed by atoms with E-state index in [2.05, 4.69) is 45.1 Å². The average Bonchev–Trinajstić information content (AvgIpc) is 2.19. The van der Waals surface area contributed by atoms with Crippen molar-refractivity contribution in [3.63, 3.8) is 0 Å². The average molecular weight is 255 g/mol. The maximum atomic E-state index is 5.94. The molecule has 1 aromatic rings. The molecule has 1 saturated heterocycles. The second kappa shape index (κ2) is 4.32. The molecule has 76 valence electrons. The quantitative estimate of drug-likeness (QED) is 0.834. The fourth-order valence-corrected chi connectivity index (χ4v) is 2.16. The van der Waals surface area contributed by atoms with Crippen LogP contribution in [0.2, 0.25) is 0 Å². The highest BCUT2D eigenvalue weighted by Crippen LogP contribution is 2.21. The van der Waals surface area contributed by atoms with Crippen LogP contribution >= 0.6 is 15.9 Å². The molecular formula is C11H15BrN2. The number of nitrogens with two attached hydrogens (primary N) is 1. The Hall–Kier alpha value is -0.540. The van der Waals surface area contributed by atoms with Crippen molar-refractivity contribution in [1.29, 1.82) is 0 Å². The first-order valence-corrected chi connectivity index (χ1v) is 5.81. The van der Waals surface area contributed by atoms with Gasteiger partial charge in [0, 0.05) is 29.3 Å². The van der Waals surface area contributed by atoms with Crippen molar-refractivity contribution in [3.8, 4) is 0 Å². The van der Waals surface area contributed by atoms with Gasteiger partial charge in [-0.15, -0.1) is 0 Å². The molecule has 14 heavy (non-hydrogen) atoms. The van der Waals surface area contributed by atoms with E-state index in [9.17, 15) is 0 Å². The number of hydrogen-bond acceptors (Lipinski definition) is 2. The number of nitrogens with zero attached hydrogens (tertiary/aromatic N) is 1. The zero-order chi connectivity index (χ0) is 9.97. The van der Waals surface area contributed by atoms with Gasteiger partial charge in [-0.25, -0.2) is 0 Å². The Bertz CT molecular complexity index is 297. The van der Waals surface area contributed by atoms with Crippen molar-refractivity contribution in [2.24, 2.45) is 5.73 Å². The molecule has 1 aliphatic rings. The van der Waals surface area contributed by atoms with E-state index in [1.807, 2.05) is 0 Å². The molecule has 1 aromatic carbocycles. The van der Waals surface area contributed by atoms with E-state index in [1.54, 1.807) is 0 Å². The van der Waals surface area contributed by atoms with Crippen molar-refractivity contribution < 1.29 is 0 Å². The highest BCUT2D eigenvalue weighted by molar-refractivity contribution is 9.10. The van der Waals surface area contributed by atoms with Gasteiger partial charge in [0.05, 0.1) is 0 Å². The number of anilines is 1. The molecule has 0 radical (unpaired) electrons. The van der Waals surface area contributed by atoms with Gasteiger partial charge in [-0.3, -0.25) is 0 Å². The van der Waals surface area contributed by atoms with Crippen LogP contribution in [0.5, 0.6) is 0 Å². The number of piperidine rings is 1. The van der Waals surface area contributed by atoms with E-state index < -0.39 is 0 Å². The van der Waals surface area contributed by atoms with Crippen LogP contribution in [0.3, 0.4) is 0 Å². The lowest BCUT2D eigenvalue weighted by atomic mass is 10.1. The summed E-state index contributed by atoms with van der Waals surface area (Å²) >= 11 is 3.44. The summed E-state index contributed by atoms with van der Waals surface area (Å²) in [6.07, 6.45) is 2.37. The minimum Gasteiger partial charge on any atom is -0.370 e. The Balaban J connectivity index is 2.10. The molecule has 1 atom stereocenters. The lowest BCUT2D eigenvalue weighted by molar-refractivity contribution is 0.506. The Morgan fingerprint density at radius 2 is 2.00 bits per heavy atom. The predicted octanol–water partition coefficient (Wildman–Crippen LogP) is 2.38. The third kappa shape index (κ3) is 2.28. The van der Waals surface area contributed by atoms with Crippen LogP contribution in [0.15, 0.2) is 28.7 Å². The molecule has 1 heterocycles. The molecule has 1 fully saturated rings. The molecule has 0 unspecified atom stereocenters. The van der Waals surface area contributed by atoms with Crippen LogP contribution < -0.4 is 10.6 Å². The fraction of sp³-hybridized carbons (Fsp3) is 0.455. The standard InChI is InChI=1S/C11H15BrN2/c12-9-3-5-11(6-4-9)14-7-1-2-10(13)8-14/h3-6,10H,1-2,7-8,13H2/t10-/m1/s1. The highest BCUT2D eigenvalue weighted by atomic mass is 79.9. The van der Waals surface area contributed by atoms with Crippen LogP contribution in [-0.4, -0.2) is 19.1 Å². The number of hydrogen-bond donors (Lipinski definition) is 1. The first-order chi connectivity index (χ1) is 6.75. The molecule has 0 aromatic heterocycles. The minimum atomic E-state index is 0.340. The van der Waals surface area contributed by atoms with E-state index in [0.717, 1.165) is 24.0 Å². The molecule has 0 aliphatic carbocycles. The summed E-state index contributed by atoms with van der Waals surface area (Å²) in [5.41, 5.74) is 7.22. The van der Waals surface area contributed by atoms with Crippen molar-refractivity contribution in [2.45, 2.75) is 18.9 Å². The molecule has 2 N–H and O–H groups in total. The van der Waals surface area contributed by atoms with Crippen LogP contribution in [0, 0.1) is 0 Å². The zero-order valence-electron chi connectivity index (χ0n) is 8.12. The van der Waals surface area contributed by atoms with Gasteiger partial charge >= 0.3 is 0 Å². The third-order valence-corrected chi connectivity index (χ3v) is 3.18. The normalized spacial score (nSPS) is 22.4. The highest BCUT2D eigenvalue weighted by Gasteiger charge is 2.16. The Morgan fingerprint density at radius 1 is 1.29 bits per heavy atom. The van der Waals surface area contributed by atoms with Gasteiger partial charge in [0.1, 0.15) is 0 Å². The number of benzene rings is 1. The minimum absolute atomic E-state index is 0.340. The second-order valence-corrected chi connectivity index (χ2v) is 4.74. The smallest absolute Gasteiger partial charge is 0.0367 e. The summed E-state index contributed by atoms with van der Waals surface area (Å²) in [6, 6.07) is 8.78. The molecule has 0 amide bonds. The largest absolute Gasteiger partial charge is 0.370 e. The van der Waals surface area contributed by atoms with E-state index in [4.69, 9.17) is 5.73 Å². The van der Waals surface area contributed by atoms with Gasteiger partial charge in [-0.2, -0.15) is 0 Å². The summed E-state index contributed by atoms with van der Waals surface area (Å²) < 4.78 is 1.13. The summed E-state index contributed by atoms with van der Waals surface area (Å²) in [5, 5.41) is 0. The zero-order valence-corrected chi connectivity index (χ0v) is 9.70. The Labute approximate surface area is 93.2 Å². The summed E-state index contributed by atoms with van der Waals surface area (Å²) in [6.45, 7) is 2.12. The Kier molecular flexibility index (Phi) is 3.08. The first kappa shape index (κ1) is 9.99. The molecule has 3 heteroatoms. The van der Waals surface area contributed by atoms with Crippen molar-refractivity contribution in [3.05, 3.63) is 28.7 Å². The maximum absolute atomic E-state index is 5.94. The van der Waals surface area contributed by atoms with Crippen LogP contribution in [0.25, 0.3) is 0 Å². The van der Waals surface area contributed by atoms with Gasteiger partial charge < -0.3 is 10.6 Å². The molecule has 2 rings (SSSR count). The first-order valence-electron chi connectivity index (χ1n) is 5.02. The monoisotopic (exact) mass is 254 g/mol. The van der Waals surface area contributed by atoms with E-state index in [0.29, 0.717) is 6.04 Å². The maximum Gasteiger partial charge on any atom is 0.0367 e. The second-order valence-electron chi connectivity index (χ2n) is 3.82. The molecule has 0 saturated carbocycles. The third-order valence-electron chi connectivity index (χ3n) is 2.65. The summed E-state index contributed by atoms with van der Waals surface area (Å²) in [7, 11) is 0. The van der Waals surface area contributed by atoms with E-state index in [-0.39, 0.29) is 0 Å². The summed E-state index contributed by atoms with van der Waals surface area (Å²) in [4.78, 5) is 2.36. The molecule has 0 bridgehead atoms. The molecule has 1 aliphatic heterocycles. The number of rotatable bonds is 1. The number of halogens is 1. The van der Waals surface area contributed by atoms with Gasteiger partial charge in [-0.05, 0) is 37.1 Å². The van der Waals surface area contributed by atoms with Gasteiger partial charge in [0.2, 0.25) is 0 Å². The lowest BCUT2D eigenvalue weighted by Gasteiger charge is -2.32. The van der Waals surface area contributed by atoms with Crippen molar-refractivity contribution >= 4 is 21.6 Å². The van der Waals surface area contributed by atoms with Gasteiger partial charge in [-0.1, -0.05) is 15.9 Å². The lowest BCUT2D eigenvalue weighted by Crippen LogP contribution is -2.42. The van der Waals surface area contributed by atoms with Gasteiger partial charge in [0.15, 0.2) is 0 Å². The van der Waals surface area contributed by atoms with Crippen LogP contribution in [0.4, 0.5) is 5.69 Å². The predicted molar refractivity (Wildman–Crippen MR) is 63.6 cm³/mol. The fourth-order valence-electron chi connectivity index (χ4n) is 1.90. The van der Waals surface area contributed by atoms with Crippen LogP contribution in [0.1, 0.15) is 12.8 Å². The van der Waals surface area contributed by atoms with E-state index in [1.165, 1.54) is 12.1 Å². The SMILES string of the molecule is N[C@@H]1CCCN(c2ccc(Br)cc2)C1. The van der Waals surface area contributed by atoms with Gasteiger partial charge in [0.25, 0.3) is 0 Å². The molecule has 0 spiro atoms. The van der Waals surface area contributed by atoms with Crippen molar-refractivity contribution in [2.75, 3.05) is 18.0 Å². The van der Waals surface area contributed by atoms with Crippen LogP contribution in [-0.2, 0) is 0 Å². The Morgan fingerprint density at radius 3 is 2.64 bits per heavy atom. The summed E-state index contributed by atoms with van der Waals surface area (Å²) in [5.74, 6) is 0. The van der Waals surface area contributed by atoms with E-state index >= 15 is 0 Å². The topological polar surface area (TPSA) is 29.3 Å². The molecular weight excluding hydrogens is 240 g/mol. The molecule has 2 nitrogen and oxygen atoms in total.